The van der Waals surface area contributed by atoms with Crippen LogP contribution in [0.25, 0.3) is 0 Å². The van der Waals surface area contributed by atoms with Crippen molar-refractivity contribution in [1.29, 1.82) is 0 Å². The van der Waals surface area contributed by atoms with Gasteiger partial charge in [0.1, 0.15) is 6.29 Å². The lowest BCUT2D eigenvalue weighted by Crippen LogP contribution is -1.90. The molecule has 0 unspecified atom stereocenters. The van der Waals surface area contributed by atoms with Gasteiger partial charge in [0.25, 0.3) is 0 Å². The van der Waals surface area contributed by atoms with Crippen LogP contribution in [-0.4, -0.2) is 25.8 Å². The van der Waals surface area contributed by atoms with Crippen molar-refractivity contribution in [1.82, 2.24) is 0 Å². The summed E-state index contributed by atoms with van der Waals surface area (Å²) in [5.41, 5.74) is 0.738. The van der Waals surface area contributed by atoms with Gasteiger partial charge in [-0.15, -0.1) is 11.8 Å². The van der Waals surface area contributed by atoms with Gasteiger partial charge in [0.2, 0.25) is 0 Å². The Morgan fingerprint density at radius 2 is 2.36 bits per heavy atom. The summed E-state index contributed by atoms with van der Waals surface area (Å²) in [4.78, 5) is 11.6. The van der Waals surface area contributed by atoms with Gasteiger partial charge in [0.15, 0.2) is 0 Å². The second-order valence-corrected chi connectivity index (χ2v) is 4.05. The lowest BCUT2D eigenvalue weighted by molar-refractivity contribution is 0.112. The number of aldehydes is 1. The van der Waals surface area contributed by atoms with Gasteiger partial charge in [0, 0.05) is 29.9 Å². The average Bonchev–Trinajstić information content (AvgIpc) is 2.25. The molecule has 0 fully saturated rings. The summed E-state index contributed by atoms with van der Waals surface area (Å²) in [7, 11) is 1.71. The number of carbonyl (C=O) groups excluding carboxylic acids is 1. The highest BCUT2D eigenvalue weighted by Crippen LogP contribution is 2.19. The van der Waals surface area contributed by atoms with Gasteiger partial charge in [-0.3, -0.25) is 4.79 Å². The van der Waals surface area contributed by atoms with Crippen LogP contribution in [0.15, 0.2) is 29.2 Å². The molecule has 76 valence electrons. The van der Waals surface area contributed by atoms with E-state index in [0.717, 1.165) is 35.5 Å². The van der Waals surface area contributed by atoms with Crippen LogP contribution in [0.1, 0.15) is 16.8 Å². The molecular formula is C11H14O2S. The standard InChI is InChI=1S/C11H14O2S/c1-13-6-3-7-14-11-5-2-4-10(8-11)9-12/h2,4-5,8-9H,3,6-7H2,1H3. The highest BCUT2D eigenvalue weighted by molar-refractivity contribution is 7.99. The Labute approximate surface area is 88.7 Å². The molecule has 0 atom stereocenters. The Balaban J connectivity index is 2.38. The number of hydrogen-bond acceptors (Lipinski definition) is 3. The molecule has 0 bridgehead atoms. The van der Waals surface area contributed by atoms with E-state index in [1.54, 1.807) is 18.9 Å². The van der Waals surface area contributed by atoms with Crippen molar-refractivity contribution >= 4 is 18.0 Å². The third-order valence-corrected chi connectivity index (χ3v) is 2.84. The predicted molar refractivity (Wildman–Crippen MR) is 59.0 cm³/mol. The summed E-state index contributed by atoms with van der Waals surface area (Å²) in [5.74, 6) is 1.02. The van der Waals surface area contributed by atoms with E-state index < -0.39 is 0 Å². The van der Waals surface area contributed by atoms with Crippen LogP contribution in [-0.2, 0) is 4.74 Å². The van der Waals surface area contributed by atoms with Crippen molar-refractivity contribution in [2.75, 3.05) is 19.5 Å². The molecule has 0 N–H and O–H groups in total. The Kier molecular flexibility index (Phi) is 5.33. The summed E-state index contributed by atoms with van der Waals surface area (Å²) >= 11 is 1.75. The highest BCUT2D eigenvalue weighted by Gasteiger charge is 1.95. The molecule has 1 aromatic rings. The number of hydrogen-bond donors (Lipinski definition) is 0. The maximum absolute atomic E-state index is 10.5. The van der Waals surface area contributed by atoms with Crippen molar-refractivity contribution in [3.8, 4) is 0 Å². The molecule has 0 amide bonds. The van der Waals surface area contributed by atoms with E-state index in [-0.39, 0.29) is 0 Å². The fourth-order valence-electron chi connectivity index (χ4n) is 1.07. The molecule has 0 spiro atoms. The minimum atomic E-state index is 0.738. The lowest BCUT2D eigenvalue weighted by Gasteiger charge is -2.01. The quantitative estimate of drug-likeness (QED) is 0.410. The highest BCUT2D eigenvalue weighted by atomic mass is 32.2. The summed E-state index contributed by atoms with van der Waals surface area (Å²) < 4.78 is 4.96. The maximum Gasteiger partial charge on any atom is 0.150 e. The zero-order valence-corrected chi connectivity index (χ0v) is 9.05. The van der Waals surface area contributed by atoms with Crippen molar-refractivity contribution < 1.29 is 9.53 Å². The Morgan fingerprint density at radius 3 is 3.07 bits per heavy atom. The van der Waals surface area contributed by atoms with E-state index in [1.165, 1.54) is 0 Å². The van der Waals surface area contributed by atoms with Crippen molar-refractivity contribution in [3.05, 3.63) is 29.8 Å². The zero-order valence-electron chi connectivity index (χ0n) is 8.23. The topological polar surface area (TPSA) is 26.3 Å². The molecule has 0 saturated carbocycles. The van der Waals surface area contributed by atoms with Crippen molar-refractivity contribution in [2.24, 2.45) is 0 Å². The molecule has 0 aliphatic heterocycles. The largest absolute Gasteiger partial charge is 0.385 e. The molecule has 0 heterocycles. The Hall–Kier alpha value is -0.800. The van der Waals surface area contributed by atoms with Gasteiger partial charge in [0.05, 0.1) is 0 Å². The predicted octanol–water partition coefficient (Wildman–Crippen LogP) is 2.63. The SMILES string of the molecule is COCCCSc1cccc(C=O)c1. The minimum absolute atomic E-state index is 0.738. The normalized spacial score (nSPS) is 10.1. The van der Waals surface area contributed by atoms with Gasteiger partial charge >= 0.3 is 0 Å². The molecule has 2 nitrogen and oxygen atoms in total. The van der Waals surface area contributed by atoms with Gasteiger partial charge in [-0.2, -0.15) is 0 Å². The number of benzene rings is 1. The van der Waals surface area contributed by atoms with Gasteiger partial charge in [-0.25, -0.2) is 0 Å². The van der Waals surface area contributed by atoms with Gasteiger partial charge < -0.3 is 4.74 Å². The summed E-state index contributed by atoms with van der Waals surface area (Å²) in [6.07, 6.45) is 1.91. The second kappa shape index (κ2) is 6.62. The van der Waals surface area contributed by atoms with Gasteiger partial charge in [-0.1, -0.05) is 12.1 Å². The number of methoxy groups -OCH3 is 1. The van der Waals surface area contributed by atoms with Crippen molar-refractivity contribution in [2.45, 2.75) is 11.3 Å². The number of thioether (sulfide) groups is 1. The van der Waals surface area contributed by atoms with Gasteiger partial charge in [-0.05, 0) is 18.6 Å². The number of carbonyl (C=O) groups is 1. The smallest absolute Gasteiger partial charge is 0.150 e. The molecule has 1 aromatic carbocycles. The van der Waals surface area contributed by atoms with Crippen LogP contribution < -0.4 is 0 Å². The fraction of sp³-hybridized carbons (Fsp3) is 0.364. The minimum Gasteiger partial charge on any atom is -0.385 e. The van der Waals surface area contributed by atoms with Crippen LogP contribution in [0.5, 0.6) is 0 Å². The first-order valence-corrected chi connectivity index (χ1v) is 5.52. The van der Waals surface area contributed by atoms with Crippen LogP contribution in [0, 0.1) is 0 Å². The van der Waals surface area contributed by atoms with E-state index in [9.17, 15) is 4.79 Å². The van der Waals surface area contributed by atoms with E-state index in [1.807, 2.05) is 24.3 Å². The lowest BCUT2D eigenvalue weighted by atomic mass is 10.2. The number of ether oxygens (including phenoxy) is 1. The van der Waals surface area contributed by atoms with Crippen LogP contribution in [0.3, 0.4) is 0 Å². The van der Waals surface area contributed by atoms with E-state index >= 15 is 0 Å². The zero-order chi connectivity index (χ0) is 10.2. The molecule has 0 aromatic heterocycles. The Morgan fingerprint density at radius 1 is 1.50 bits per heavy atom. The molecular weight excluding hydrogens is 196 g/mol. The molecule has 3 heteroatoms. The molecule has 14 heavy (non-hydrogen) atoms. The summed E-state index contributed by atoms with van der Waals surface area (Å²) in [6.45, 7) is 0.792. The summed E-state index contributed by atoms with van der Waals surface area (Å²) in [6, 6.07) is 7.64. The van der Waals surface area contributed by atoms with E-state index in [4.69, 9.17) is 4.74 Å². The van der Waals surface area contributed by atoms with E-state index in [0.29, 0.717) is 0 Å². The van der Waals surface area contributed by atoms with Crippen molar-refractivity contribution in [3.63, 3.8) is 0 Å². The monoisotopic (exact) mass is 210 g/mol. The van der Waals surface area contributed by atoms with E-state index in [2.05, 4.69) is 0 Å². The molecule has 0 saturated heterocycles. The second-order valence-electron chi connectivity index (χ2n) is 2.89. The Bertz CT molecular complexity index is 286. The third kappa shape index (κ3) is 3.94. The fourth-order valence-corrected chi connectivity index (χ4v) is 1.96. The number of rotatable bonds is 6. The maximum atomic E-state index is 10.5. The van der Waals surface area contributed by atoms with Crippen LogP contribution in [0.2, 0.25) is 0 Å². The molecule has 0 aliphatic carbocycles. The molecule has 1 rings (SSSR count). The first-order chi connectivity index (χ1) is 6.86. The first kappa shape index (κ1) is 11.3. The molecule has 0 aliphatic rings. The average molecular weight is 210 g/mol. The summed E-state index contributed by atoms with van der Waals surface area (Å²) in [5, 5.41) is 0. The van der Waals surface area contributed by atoms with Crippen LogP contribution >= 0.6 is 11.8 Å². The first-order valence-electron chi connectivity index (χ1n) is 4.54. The molecule has 0 radical (unpaired) electrons. The van der Waals surface area contributed by atoms with Crippen LogP contribution in [0.4, 0.5) is 0 Å². The third-order valence-electron chi connectivity index (χ3n) is 1.76.